The van der Waals surface area contributed by atoms with Crippen LogP contribution >= 0.6 is 0 Å². The van der Waals surface area contributed by atoms with Crippen LogP contribution in [0.5, 0.6) is 5.75 Å². The number of fused-ring (bicyclic) bond motifs is 1. The zero-order valence-corrected chi connectivity index (χ0v) is 20.4. The quantitative estimate of drug-likeness (QED) is 0.450. The van der Waals surface area contributed by atoms with Crippen molar-refractivity contribution in [2.24, 2.45) is 0 Å². The molecule has 0 saturated carbocycles. The monoisotopic (exact) mass is 469 g/mol. The number of piperazine rings is 1. The molecule has 7 heteroatoms. The molecule has 0 aliphatic carbocycles. The average Bonchev–Trinajstić information content (AvgIpc) is 3.33. The number of methoxy groups -OCH3 is 1. The summed E-state index contributed by atoms with van der Waals surface area (Å²) in [7, 11) is 1.69. The summed E-state index contributed by atoms with van der Waals surface area (Å²) < 4.78 is 7.64. The molecule has 2 heterocycles. The predicted octanol–water partition coefficient (Wildman–Crippen LogP) is 4.94. The van der Waals surface area contributed by atoms with Crippen molar-refractivity contribution in [3.63, 3.8) is 0 Å². The molecule has 1 aliphatic rings. The lowest BCUT2D eigenvalue weighted by molar-refractivity contribution is 0.191. The third-order valence-corrected chi connectivity index (χ3v) is 6.72. The van der Waals surface area contributed by atoms with E-state index in [4.69, 9.17) is 4.74 Å². The molecule has 1 fully saturated rings. The van der Waals surface area contributed by atoms with E-state index in [2.05, 4.69) is 57.7 Å². The first kappa shape index (κ1) is 22.8. The molecule has 180 valence electrons. The normalized spacial score (nSPS) is 14.7. The van der Waals surface area contributed by atoms with Crippen molar-refractivity contribution < 1.29 is 9.53 Å². The van der Waals surface area contributed by atoms with Crippen molar-refractivity contribution in [2.45, 2.75) is 19.9 Å². The predicted molar refractivity (Wildman–Crippen MR) is 140 cm³/mol. The van der Waals surface area contributed by atoms with Gasteiger partial charge in [-0.1, -0.05) is 42.5 Å². The summed E-state index contributed by atoms with van der Waals surface area (Å²) in [5.41, 5.74) is 4.14. The Morgan fingerprint density at radius 1 is 1.03 bits per heavy atom. The maximum absolute atomic E-state index is 13.0. The lowest BCUT2D eigenvalue weighted by Crippen LogP contribution is -2.52. The van der Waals surface area contributed by atoms with E-state index in [0.717, 1.165) is 41.5 Å². The highest BCUT2D eigenvalue weighted by atomic mass is 16.5. The summed E-state index contributed by atoms with van der Waals surface area (Å²) in [6.45, 7) is 6.88. The Morgan fingerprint density at radius 3 is 2.54 bits per heavy atom. The van der Waals surface area contributed by atoms with Crippen LogP contribution in [0.1, 0.15) is 24.2 Å². The molecule has 0 spiro atoms. The number of amides is 2. The van der Waals surface area contributed by atoms with Gasteiger partial charge in [0.05, 0.1) is 30.9 Å². The lowest BCUT2D eigenvalue weighted by Gasteiger charge is -2.36. The second-order valence-electron chi connectivity index (χ2n) is 8.99. The fourth-order valence-electron chi connectivity index (χ4n) is 4.78. The number of carbonyl (C=O) groups excluding carboxylic acids is 1. The Hall–Kier alpha value is -4.00. The number of ether oxygens (including phenoxy) is 1. The number of imidazole rings is 1. The van der Waals surface area contributed by atoms with Crippen LogP contribution in [0.2, 0.25) is 0 Å². The van der Waals surface area contributed by atoms with Crippen LogP contribution in [0.3, 0.4) is 0 Å². The third kappa shape index (κ3) is 4.67. The second kappa shape index (κ2) is 9.70. The van der Waals surface area contributed by atoms with E-state index in [9.17, 15) is 4.79 Å². The third-order valence-electron chi connectivity index (χ3n) is 6.72. The number of benzene rings is 3. The zero-order chi connectivity index (χ0) is 24.4. The maximum atomic E-state index is 13.0. The molecule has 1 atom stereocenters. The van der Waals surface area contributed by atoms with Gasteiger partial charge in [-0.25, -0.2) is 9.78 Å². The molecular weight excluding hydrogens is 438 g/mol. The molecule has 4 aromatic rings. The summed E-state index contributed by atoms with van der Waals surface area (Å²) in [6, 6.07) is 20.7. The van der Waals surface area contributed by atoms with Gasteiger partial charge < -0.3 is 24.4 Å². The van der Waals surface area contributed by atoms with Crippen molar-refractivity contribution in [1.82, 2.24) is 19.8 Å². The van der Waals surface area contributed by atoms with E-state index >= 15 is 0 Å². The molecule has 3 aromatic carbocycles. The highest BCUT2D eigenvalue weighted by Gasteiger charge is 2.23. The van der Waals surface area contributed by atoms with Gasteiger partial charge in [-0.15, -0.1) is 0 Å². The molecule has 2 amide bonds. The van der Waals surface area contributed by atoms with Gasteiger partial charge in [0.15, 0.2) is 0 Å². The Kier molecular flexibility index (Phi) is 6.31. The van der Waals surface area contributed by atoms with E-state index in [0.29, 0.717) is 13.1 Å². The van der Waals surface area contributed by atoms with Gasteiger partial charge in [0, 0.05) is 44.1 Å². The molecule has 7 nitrogen and oxygen atoms in total. The topological polar surface area (TPSA) is 62.6 Å². The lowest BCUT2D eigenvalue weighted by atomic mass is 10.00. The van der Waals surface area contributed by atoms with Gasteiger partial charge >= 0.3 is 6.03 Å². The smallest absolute Gasteiger partial charge is 0.317 e. The molecule has 35 heavy (non-hydrogen) atoms. The number of nitrogens with one attached hydrogen (secondary N) is 1. The highest BCUT2D eigenvalue weighted by molar-refractivity contribution is 5.86. The number of urea groups is 1. The number of hydrogen-bond donors (Lipinski definition) is 1. The SMILES string of the molecule is COc1cc(N2CCN(C(=O)N[C@@H](C)c3cccc4ccccc34)CC2)ccc1-n1cnc(C)c1. The van der Waals surface area contributed by atoms with E-state index in [1.165, 1.54) is 10.8 Å². The summed E-state index contributed by atoms with van der Waals surface area (Å²) in [4.78, 5) is 21.5. The molecule has 1 aromatic heterocycles. The molecule has 1 saturated heterocycles. The first-order valence-corrected chi connectivity index (χ1v) is 12.0. The zero-order valence-electron chi connectivity index (χ0n) is 20.4. The Bertz CT molecular complexity index is 1330. The molecule has 0 unspecified atom stereocenters. The van der Waals surface area contributed by atoms with Crippen LogP contribution < -0.4 is 15.0 Å². The van der Waals surface area contributed by atoms with Crippen LogP contribution in [-0.4, -0.2) is 53.8 Å². The molecule has 1 N–H and O–H groups in total. The first-order valence-electron chi connectivity index (χ1n) is 12.0. The van der Waals surface area contributed by atoms with Crippen LogP contribution in [0, 0.1) is 6.92 Å². The van der Waals surface area contributed by atoms with Gasteiger partial charge in [-0.05, 0) is 42.3 Å². The van der Waals surface area contributed by atoms with Crippen LogP contribution in [0.15, 0.2) is 73.2 Å². The summed E-state index contributed by atoms with van der Waals surface area (Å²) in [5.74, 6) is 0.795. The van der Waals surface area contributed by atoms with Gasteiger partial charge in [0.2, 0.25) is 0 Å². The van der Waals surface area contributed by atoms with Crippen molar-refractivity contribution in [3.05, 3.63) is 84.4 Å². The van der Waals surface area contributed by atoms with Gasteiger partial charge in [0.25, 0.3) is 0 Å². The molecule has 0 bridgehead atoms. The fraction of sp³-hybridized carbons (Fsp3) is 0.286. The number of rotatable bonds is 5. The number of aromatic nitrogens is 2. The first-order chi connectivity index (χ1) is 17.0. The summed E-state index contributed by atoms with van der Waals surface area (Å²) in [5, 5.41) is 5.56. The molecule has 0 radical (unpaired) electrons. The van der Waals surface area contributed by atoms with Crippen LogP contribution in [0.4, 0.5) is 10.5 Å². The Morgan fingerprint density at radius 2 is 1.80 bits per heavy atom. The minimum atomic E-state index is -0.0738. The van der Waals surface area contributed by atoms with Gasteiger partial charge in [-0.3, -0.25) is 0 Å². The summed E-state index contributed by atoms with van der Waals surface area (Å²) >= 11 is 0. The van der Waals surface area contributed by atoms with Crippen molar-refractivity contribution in [2.75, 3.05) is 38.2 Å². The number of carbonyl (C=O) groups is 1. The van der Waals surface area contributed by atoms with Crippen molar-refractivity contribution in [3.8, 4) is 11.4 Å². The Balaban J connectivity index is 1.22. The fourth-order valence-corrected chi connectivity index (χ4v) is 4.78. The van der Waals surface area contributed by atoms with Crippen LogP contribution in [0.25, 0.3) is 16.5 Å². The van der Waals surface area contributed by atoms with Crippen LogP contribution in [-0.2, 0) is 0 Å². The number of aryl methyl sites for hydroxylation is 1. The largest absolute Gasteiger partial charge is 0.494 e. The molecule has 5 rings (SSSR count). The standard InChI is InChI=1S/C28H31N5O2/c1-20-18-33(19-29-20)26-12-11-23(17-27(26)35-3)31-13-15-32(16-14-31)28(34)30-21(2)24-10-6-8-22-7-4-5-9-25(22)24/h4-12,17-19,21H,13-16H2,1-3H3,(H,30,34)/t21-/m0/s1. The van der Waals surface area contributed by atoms with Gasteiger partial charge in [-0.2, -0.15) is 0 Å². The maximum Gasteiger partial charge on any atom is 0.317 e. The average molecular weight is 470 g/mol. The second-order valence-corrected chi connectivity index (χ2v) is 8.99. The highest BCUT2D eigenvalue weighted by Crippen LogP contribution is 2.30. The number of hydrogen-bond acceptors (Lipinski definition) is 4. The summed E-state index contributed by atoms with van der Waals surface area (Å²) in [6.07, 6.45) is 3.78. The Labute approximate surface area is 205 Å². The molecule has 1 aliphatic heterocycles. The van der Waals surface area contributed by atoms with E-state index in [1.54, 1.807) is 13.4 Å². The number of nitrogens with zero attached hydrogens (tertiary/aromatic N) is 4. The van der Waals surface area contributed by atoms with E-state index in [1.807, 2.05) is 47.7 Å². The minimum absolute atomic E-state index is 0.0199. The van der Waals surface area contributed by atoms with E-state index in [-0.39, 0.29) is 12.1 Å². The van der Waals surface area contributed by atoms with Crippen molar-refractivity contribution >= 4 is 22.5 Å². The van der Waals surface area contributed by atoms with E-state index < -0.39 is 0 Å². The molecular formula is C28H31N5O2. The minimum Gasteiger partial charge on any atom is -0.494 e. The van der Waals surface area contributed by atoms with Crippen molar-refractivity contribution in [1.29, 1.82) is 0 Å². The van der Waals surface area contributed by atoms with Gasteiger partial charge in [0.1, 0.15) is 5.75 Å². The number of anilines is 1.